The molecule has 112 valence electrons. The van der Waals surface area contributed by atoms with Gasteiger partial charge in [0.2, 0.25) is 0 Å². The van der Waals surface area contributed by atoms with Gasteiger partial charge < -0.3 is 4.74 Å². The standard InChI is InChI=1S/C16H17BF2O.CH4/c1-11-8-12(4-7-15(11)18)10-20-13-5-6-14(17(2)3)16(19)9-13;/h4-9H,10H2,1-3H3;1H4. The van der Waals surface area contributed by atoms with Crippen molar-refractivity contribution in [3.8, 4) is 5.75 Å². The SMILES string of the molecule is C.CB(C)c1ccc(OCc2ccc(F)c(C)c2)cc1F. The Kier molecular flexibility index (Phi) is 5.95. The third kappa shape index (κ3) is 4.32. The second kappa shape index (κ2) is 7.25. The van der Waals surface area contributed by atoms with Gasteiger partial charge in [0.15, 0.2) is 6.71 Å². The predicted octanol–water partition coefficient (Wildman–Crippen LogP) is 4.45. The lowest BCUT2D eigenvalue weighted by molar-refractivity contribution is 0.304. The van der Waals surface area contributed by atoms with Crippen LogP contribution in [-0.2, 0) is 6.61 Å². The molecule has 0 amide bonds. The number of rotatable bonds is 4. The maximum atomic E-state index is 13.8. The average Bonchev–Trinajstić information content (AvgIpc) is 2.40. The Morgan fingerprint density at radius 2 is 1.71 bits per heavy atom. The summed E-state index contributed by atoms with van der Waals surface area (Å²) < 4.78 is 32.5. The molecule has 0 atom stereocenters. The Hall–Kier alpha value is -1.84. The van der Waals surface area contributed by atoms with Crippen molar-refractivity contribution in [2.75, 3.05) is 0 Å². The number of aryl methyl sites for hydroxylation is 1. The van der Waals surface area contributed by atoms with Crippen molar-refractivity contribution in [2.45, 2.75) is 34.6 Å². The third-order valence-electron chi connectivity index (χ3n) is 3.22. The van der Waals surface area contributed by atoms with Gasteiger partial charge in [0, 0.05) is 6.07 Å². The zero-order chi connectivity index (χ0) is 14.7. The number of hydrogen-bond acceptors (Lipinski definition) is 1. The summed E-state index contributed by atoms with van der Waals surface area (Å²) in [5.41, 5.74) is 2.11. The van der Waals surface area contributed by atoms with Gasteiger partial charge in [-0.15, -0.1) is 0 Å². The summed E-state index contributed by atoms with van der Waals surface area (Å²) in [6.45, 7) is 6.03. The van der Waals surface area contributed by atoms with Gasteiger partial charge in [-0.3, -0.25) is 0 Å². The second-order valence-corrected chi connectivity index (χ2v) is 5.21. The van der Waals surface area contributed by atoms with Crippen LogP contribution in [0.15, 0.2) is 36.4 Å². The maximum absolute atomic E-state index is 13.8. The van der Waals surface area contributed by atoms with Crippen LogP contribution in [0.4, 0.5) is 8.78 Å². The minimum atomic E-state index is -0.257. The van der Waals surface area contributed by atoms with E-state index in [-0.39, 0.29) is 25.8 Å². The highest BCUT2D eigenvalue weighted by Crippen LogP contribution is 2.15. The molecule has 0 unspecified atom stereocenters. The van der Waals surface area contributed by atoms with Crippen molar-refractivity contribution >= 4 is 12.2 Å². The summed E-state index contributed by atoms with van der Waals surface area (Å²) >= 11 is 0. The summed E-state index contributed by atoms with van der Waals surface area (Å²) in [5.74, 6) is -0.0113. The molecule has 0 aliphatic rings. The van der Waals surface area contributed by atoms with Crippen LogP contribution >= 0.6 is 0 Å². The molecule has 2 aromatic carbocycles. The van der Waals surface area contributed by atoms with Gasteiger partial charge in [-0.25, -0.2) is 8.78 Å². The van der Waals surface area contributed by atoms with Crippen molar-refractivity contribution in [3.05, 3.63) is 59.2 Å². The van der Waals surface area contributed by atoms with E-state index in [1.807, 2.05) is 13.6 Å². The number of ether oxygens (including phenoxy) is 1. The van der Waals surface area contributed by atoms with Crippen LogP contribution in [0.25, 0.3) is 0 Å². The fourth-order valence-corrected chi connectivity index (χ4v) is 2.03. The molecule has 2 aromatic rings. The zero-order valence-electron chi connectivity index (χ0n) is 11.9. The highest BCUT2D eigenvalue weighted by molar-refractivity contribution is 6.70. The van der Waals surface area contributed by atoms with Gasteiger partial charge in [-0.1, -0.05) is 33.2 Å². The molecule has 21 heavy (non-hydrogen) atoms. The van der Waals surface area contributed by atoms with E-state index in [1.54, 1.807) is 31.2 Å². The van der Waals surface area contributed by atoms with Crippen molar-refractivity contribution in [2.24, 2.45) is 0 Å². The fraction of sp³-hybridized carbons (Fsp3) is 0.294. The van der Waals surface area contributed by atoms with Crippen molar-refractivity contribution < 1.29 is 13.5 Å². The lowest BCUT2D eigenvalue weighted by atomic mass is 9.49. The quantitative estimate of drug-likeness (QED) is 0.756. The van der Waals surface area contributed by atoms with Gasteiger partial charge in [0.25, 0.3) is 0 Å². The van der Waals surface area contributed by atoms with E-state index < -0.39 is 0 Å². The normalized spacial score (nSPS) is 9.95. The minimum Gasteiger partial charge on any atom is -0.489 e. The fourth-order valence-electron chi connectivity index (χ4n) is 2.03. The average molecular weight is 290 g/mol. The maximum Gasteiger partial charge on any atom is 0.173 e. The van der Waals surface area contributed by atoms with E-state index in [4.69, 9.17) is 4.74 Å². The van der Waals surface area contributed by atoms with Crippen LogP contribution < -0.4 is 10.2 Å². The first-order chi connectivity index (χ1) is 9.47. The predicted molar refractivity (Wildman–Crippen MR) is 85.7 cm³/mol. The molecule has 0 aliphatic heterocycles. The highest BCUT2D eigenvalue weighted by Gasteiger charge is 2.10. The Balaban J connectivity index is 0.00000220. The number of benzene rings is 2. The highest BCUT2D eigenvalue weighted by atomic mass is 19.1. The largest absolute Gasteiger partial charge is 0.489 e. The summed E-state index contributed by atoms with van der Waals surface area (Å²) in [7, 11) is 0. The molecule has 0 saturated carbocycles. The number of halogens is 2. The van der Waals surface area contributed by atoms with Crippen molar-refractivity contribution in [3.63, 3.8) is 0 Å². The van der Waals surface area contributed by atoms with Gasteiger partial charge >= 0.3 is 0 Å². The van der Waals surface area contributed by atoms with Gasteiger partial charge in [0.1, 0.15) is 24.0 Å². The molecule has 2 rings (SSSR count). The molecule has 0 N–H and O–H groups in total. The molecule has 0 spiro atoms. The molecule has 0 aromatic heterocycles. The van der Waals surface area contributed by atoms with Crippen LogP contribution in [0, 0.1) is 18.6 Å². The van der Waals surface area contributed by atoms with Crippen LogP contribution in [-0.4, -0.2) is 6.71 Å². The molecular formula is C17H21BF2O. The lowest BCUT2D eigenvalue weighted by Gasteiger charge is -2.10. The molecule has 0 fully saturated rings. The molecule has 0 heterocycles. The first kappa shape index (κ1) is 17.2. The van der Waals surface area contributed by atoms with E-state index in [2.05, 4.69) is 0 Å². The second-order valence-electron chi connectivity index (χ2n) is 5.21. The molecular weight excluding hydrogens is 269 g/mol. The first-order valence-electron chi connectivity index (χ1n) is 6.64. The summed E-state index contributed by atoms with van der Waals surface area (Å²) in [4.78, 5) is 0. The van der Waals surface area contributed by atoms with Crippen LogP contribution in [0.2, 0.25) is 13.6 Å². The molecule has 0 aliphatic carbocycles. The Labute approximate surface area is 126 Å². The van der Waals surface area contributed by atoms with Crippen molar-refractivity contribution in [1.29, 1.82) is 0 Å². The van der Waals surface area contributed by atoms with E-state index in [1.165, 1.54) is 12.1 Å². The Bertz CT molecular complexity index is 612. The minimum absolute atomic E-state index is 0. The van der Waals surface area contributed by atoms with Crippen LogP contribution in [0.3, 0.4) is 0 Å². The monoisotopic (exact) mass is 290 g/mol. The molecule has 0 saturated heterocycles. The smallest absolute Gasteiger partial charge is 0.173 e. The van der Waals surface area contributed by atoms with Gasteiger partial charge in [-0.05, 0) is 41.7 Å². The lowest BCUT2D eigenvalue weighted by Crippen LogP contribution is -2.25. The van der Waals surface area contributed by atoms with E-state index in [0.717, 1.165) is 5.56 Å². The first-order valence-corrected chi connectivity index (χ1v) is 6.64. The Morgan fingerprint density at radius 3 is 2.29 bits per heavy atom. The topological polar surface area (TPSA) is 9.23 Å². The summed E-state index contributed by atoms with van der Waals surface area (Å²) in [6, 6.07) is 9.71. The van der Waals surface area contributed by atoms with E-state index in [9.17, 15) is 8.78 Å². The molecule has 0 bridgehead atoms. The Morgan fingerprint density at radius 1 is 1.00 bits per heavy atom. The molecule has 0 radical (unpaired) electrons. The number of hydrogen-bond donors (Lipinski definition) is 0. The van der Waals surface area contributed by atoms with Crippen LogP contribution in [0.5, 0.6) is 5.75 Å². The van der Waals surface area contributed by atoms with E-state index >= 15 is 0 Å². The van der Waals surface area contributed by atoms with Crippen molar-refractivity contribution in [1.82, 2.24) is 0 Å². The molecule has 4 heteroatoms. The van der Waals surface area contributed by atoms with E-state index in [0.29, 0.717) is 23.4 Å². The van der Waals surface area contributed by atoms with Gasteiger partial charge in [0.05, 0.1) is 0 Å². The summed E-state index contributed by atoms with van der Waals surface area (Å²) in [6.07, 6.45) is 0. The third-order valence-corrected chi connectivity index (χ3v) is 3.22. The summed E-state index contributed by atoms with van der Waals surface area (Å²) in [5, 5.41) is 0. The molecule has 1 nitrogen and oxygen atoms in total. The zero-order valence-corrected chi connectivity index (χ0v) is 11.9. The van der Waals surface area contributed by atoms with Gasteiger partial charge in [-0.2, -0.15) is 0 Å². The van der Waals surface area contributed by atoms with Crippen LogP contribution in [0.1, 0.15) is 18.6 Å².